The Morgan fingerprint density at radius 2 is 2.45 bits per heavy atom. The Labute approximate surface area is 120 Å². The Morgan fingerprint density at radius 1 is 1.60 bits per heavy atom. The molecule has 5 nitrogen and oxygen atoms in total. The molecule has 1 aromatic heterocycles. The normalized spacial score (nSPS) is 18.9. The molecule has 1 aliphatic rings. The smallest absolute Gasteiger partial charge is 0.259 e. The van der Waals surface area contributed by atoms with Gasteiger partial charge in [0.15, 0.2) is 0 Å². The van der Waals surface area contributed by atoms with E-state index in [0.717, 1.165) is 38.9 Å². The molecule has 0 bridgehead atoms. The van der Waals surface area contributed by atoms with Crippen LogP contribution >= 0.6 is 0 Å². The first-order chi connectivity index (χ1) is 9.76. The molecular weight excluding hydrogens is 254 g/mol. The highest BCUT2D eigenvalue weighted by Crippen LogP contribution is 2.19. The minimum atomic E-state index is 0.0120. The molecule has 1 aliphatic heterocycles. The van der Waals surface area contributed by atoms with Crippen LogP contribution in [0.25, 0.3) is 0 Å². The van der Waals surface area contributed by atoms with Crippen molar-refractivity contribution in [2.45, 2.75) is 32.2 Å². The summed E-state index contributed by atoms with van der Waals surface area (Å²) >= 11 is 0. The van der Waals surface area contributed by atoms with Gasteiger partial charge in [0.2, 0.25) is 5.88 Å². The molecule has 0 aliphatic carbocycles. The molecule has 1 fully saturated rings. The first kappa shape index (κ1) is 14.8. The summed E-state index contributed by atoms with van der Waals surface area (Å²) in [5.41, 5.74) is 0.547. The number of amides is 1. The fraction of sp³-hybridized carbons (Fsp3) is 0.600. The molecule has 110 valence electrons. The minimum Gasteiger partial charge on any atom is -0.480 e. The van der Waals surface area contributed by atoms with Crippen LogP contribution in [-0.2, 0) is 0 Å². The highest BCUT2D eigenvalue weighted by molar-refractivity contribution is 5.96. The largest absolute Gasteiger partial charge is 0.480 e. The molecule has 0 saturated carbocycles. The van der Waals surface area contributed by atoms with Gasteiger partial charge in [-0.15, -0.1) is 0 Å². The van der Waals surface area contributed by atoms with Gasteiger partial charge in [-0.05, 0) is 37.9 Å². The van der Waals surface area contributed by atoms with Crippen LogP contribution in [-0.4, -0.2) is 48.6 Å². The fourth-order valence-corrected chi connectivity index (χ4v) is 2.56. The maximum absolute atomic E-state index is 12.6. The number of nitrogens with one attached hydrogen (secondary N) is 1. The van der Waals surface area contributed by atoms with Gasteiger partial charge in [0, 0.05) is 25.3 Å². The standard InChI is InChI=1S/C15H23N3O2/c1-3-8-16-12-6-5-10-18(11-12)15(19)13-7-4-9-17-14(13)20-2/h4,7,9,12,16H,3,5-6,8,10-11H2,1-2H3. The average Bonchev–Trinajstić information content (AvgIpc) is 2.52. The van der Waals surface area contributed by atoms with Gasteiger partial charge in [0.1, 0.15) is 5.56 Å². The molecule has 2 rings (SSSR count). The third kappa shape index (κ3) is 3.48. The second-order valence-corrected chi connectivity index (χ2v) is 5.10. The van der Waals surface area contributed by atoms with Gasteiger partial charge < -0.3 is 15.0 Å². The zero-order valence-electron chi connectivity index (χ0n) is 12.3. The number of piperidine rings is 1. The lowest BCUT2D eigenvalue weighted by Gasteiger charge is -2.33. The van der Waals surface area contributed by atoms with E-state index >= 15 is 0 Å². The van der Waals surface area contributed by atoms with Crippen molar-refractivity contribution in [3.05, 3.63) is 23.9 Å². The van der Waals surface area contributed by atoms with Crippen molar-refractivity contribution in [3.8, 4) is 5.88 Å². The molecule has 1 atom stereocenters. The number of carbonyl (C=O) groups is 1. The Kier molecular flexibility index (Phi) is 5.35. The maximum atomic E-state index is 12.6. The molecular formula is C15H23N3O2. The number of likely N-dealkylation sites (tertiary alicyclic amines) is 1. The Bertz CT molecular complexity index is 450. The van der Waals surface area contributed by atoms with E-state index in [-0.39, 0.29) is 5.91 Å². The van der Waals surface area contributed by atoms with Crippen LogP contribution in [0.15, 0.2) is 18.3 Å². The van der Waals surface area contributed by atoms with Crippen LogP contribution in [0.2, 0.25) is 0 Å². The molecule has 1 amide bonds. The first-order valence-electron chi connectivity index (χ1n) is 7.28. The highest BCUT2D eigenvalue weighted by atomic mass is 16.5. The summed E-state index contributed by atoms with van der Waals surface area (Å²) in [5.74, 6) is 0.416. The number of hydrogen-bond acceptors (Lipinski definition) is 4. The van der Waals surface area contributed by atoms with Crippen molar-refractivity contribution in [3.63, 3.8) is 0 Å². The number of nitrogens with zero attached hydrogens (tertiary/aromatic N) is 2. The van der Waals surface area contributed by atoms with E-state index in [4.69, 9.17) is 4.74 Å². The number of carbonyl (C=O) groups excluding carboxylic acids is 1. The van der Waals surface area contributed by atoms with Crippen molar-refractivity contribution in [1.82, 2.24) is 15.2 Å². The number of pyridine rings is 1. The van der Waals surface area contributed by atoms with E-state index in [1.165, 1.54) is 0 Å². The molecule has 1 N–H and O–H groups in total. The lowest BCUT2D eigenvalue weighted by Crippen LogP contribution is -2.48. The molecule has 0 spiro atoms. The molecule has 1 unspecified atom stereocenters. The van der Waals surface area contributed by atoms with Gasteiger partial charge >= 0.3 is 0 Å². The van der Waals surface area contributed by atoms with Gasteiger partial charge in [0.05, 0.1) is 7.11 Å². The molecule has 5 heteroatoms. The van der Waals surface area contributed by atoms with Crippen molar-refractivity contribution in [1.29, 1.82) is 0 Å². The van der Waals surface area contributed by atoms with E-state index in [1.54, 1.807) is 25.4 Å². The monoisotopic (exact) mass is 277 g/mol. The number of aromatic nitrogens is 1. The van der Waals surface area contributed by atoms with Crippen molar-refractivity contribution >= 4 is 5.91 Å². The van der Waals surface area contributed by atoms with Gasteiger partial charge in [-0.1, -0.05) is 6.92 Å². The Hall–Kier alpha value is -1.62. The van der Waals surface area contributed by atoms with Crippen LogP contribution in [0, 0.1) is 0 Å². The zero-order valence-corrected chi connectivity index (χ0v) is 12.3. The number of methoxy groups -OCH3 is 1. The number of ether oxygens (including phenoxy) is 1. The summed E-state index contributed by atoms with van der Waals surface area (Å²) in [4.78, 5) is 18.6. The maximum Gasteiger partial charge on any atom is 0.259 e. The quantitative estimate of drug-likeness (QED) is 0.890. The fourth-order valence-electron chi connectivity index (χ4n) is 2.56. The van der Waals surface area contributed by atoms with Crippen molar-refractivity contribution in [2.75, 3.05) is 26.7 Å². The predicted octanol–water partition coefficient (Wildman–Crippen LogP) is 1.69. The summed E-state index contributed by atoms with van der Waals surface area (Å²) in [7, 11) is 1.54. The Morgan fingerprint density at radius 3 is 3.20 bits per heavy atom. The topological polar surface area (TPSA) is 54.5 Å². The second kappa shape index (κ2) is 7.24. The predicted molar refractivity (Wildman–Crippen MR) is 78.0 cm³/mol. The lowest BCUT2D eigenvalue weighted by atomic mass is 10.0. The van der Waals surface area contributed by atoms with Crippen LogP contribution in [0.3, 0.4) is 0 Å². The van der Waals surface area contributed by atoms with E-state index in [9.17, 15) is 4.79 Å². The highest BCUT2D eigenvalue weighted by Gasteiger charge is 2.26. The molecule has 0 radical (unpaired) electrons. The Balaban J connectivity index is 2.04. The second-order valence-electron chi connectivity index (χ2n) is 5.10. The van der Waals surface area contributed by atoms with E-state index < -0.39 is 0 Å². The molecule has 20 heavy (non-hydrogen) atoms. The number of rotatable bonds is 5. The first-order valence-corrected chi connectivity index (χ1v) is 7.28. The molecule has 2 heterocycles. The lowest BCUT2D eigenvalue weighted by molar-refractivity contribution is 0.0691. The van der Waals surface area contributed by atoms with Gasteiger partial charge in [-0.2, -0.15) is 0 Å². The zero-order chi connectivity index (χ0) is 14.4. The SMILES string of the molecule is CCCNC1CCCN(C(=O)c2cccnc2OC)C1. The molecule has 1 saturated heterocycles. The van der Waals surface area contributed by atoms with Crippen LogP contribution in [0.4, 0.5) is 0 Å². The molecule has 1 aromatic rings. The van der Waals surface area contributed by atoms with E-state index in [1.807, 2.05) is 4.90 Å². The van der Waals surface area contributed by atoms with E-state index in [2.05, 4.69) is 17.2 Å². The van der Waals surface area contributed by atoms with Crippen molar-refractivity contribution < 1.29 is 9.53 Å². The van der Waals surface area contributed by atoms with Crippen LogP contribution in [0.1, 0.15) is 36.5 Å². The number of hydrogen-bond donors (Lipinski definition) is 1. The third-order valence-electron chi connectivity index (χ3n) is 3.59. The minimum absolute atomic E-state index is 0.0120. The summed E-state index contributed by atoms with van der Waals surface area (Å²) in [6, 6.07) is 3.94. The van der Waals surface area contributed by atoms with Gasteiger partial charge in [-0.25, -0.2) is 4.98 Å². The summed E-state index contributed by atoms with van der Waals surface area (Å²) in [6.45, 7) is 4.72. The summed E-state index contributed by atoms with van der Waals surface area (Å²) < 4.78 is 5.17. The van der Waals surface area contributed by atoms with Gasteiger partial charge in [-0.3, -0.25) is 4.79 Å². The van der Waals surface area contributed by atoms with Crippen molar-refractivity contribution in [2.24, 2.45) is 0 Å². The third-order valence-corrected chi connectivity index (χ3v) is 3.59. The summed E-state index contributed by atoms with van der Waals surface area (Å²) in [5, 5.41) is 3.50. The molecule has 0 aromatic carbocycles. The van der Waals surface area contributed by atoms with E-state index in [0.29, 0.717) is 17.5 Å². The van der Waals surface area contributed by atoms with Crippen LogP contribution < -0.4 is 10.1 Å². The average molecular weight is 277 g/mol. The van der Waals surface area contributed by atoms with Gasteiger partial charge in [0.25, 0.3) is 5.91 Å². The van der Waals surface area contributed by atoms with Crippen LogP contribution in [0.5, 0.6) is 5.88 Å². The summed E-state index contributed by atoms with van der Waals surface area (Å²) in [6.07, 6.45) is 4.92.